The number of nitrogens with zero attached hydrogens (tertiary/aromatic N) is 2. The van der Waals surface area contributed by atoms with Gasteiger partial charge in [0.05, 0.1) is 11.0 Å². The Bertz CT molecular complexity index is 3250. The van der Waals surface area contributed by atoms with Crippen LogP contribution in [0.3, 0.4) is 0 Å². The van der Waals surface area contributed by atoms with Gasteiger partial charge in [0.1, 0.15) is 0 Å². The number of rotatable bonds is 8. The Balaban J connectivity index is 0.992. The highest BCUT2D eigenvalue weighted by Gasteiger charge is 2.17. The van der Waals surface area contributed by atoms with Crippen molar-refractivity contribution < 1.29 is 0 Å². The summed E-state index contributed by atoms with van der Waals surface area (Å²) in [5.41, 5.74) is 16.4. The van der Waals surface area contributed by atoms with Crippen molar-refractivity contribution in [2.75, 3.05) is 4.90 Å². The Kier molecular flexibility index (Phi) is 8.87. The van der Waals surface area contributed by atoms with E-state index in [-0.39, 0.29) is 0 Å². The van der Waals surface area contributed by atoms with Gasteiger partial charge < -0.3 is 9.47 Å². The molecule has 0 spiro atoms. The number of hydrogen-bond donors (Lipinski definition) is 0. The summed E-state index contributed by atoms with van der Waals surface area (Å²) in [7, 11) is 0. The molecule has 0 amide bonds. The fraction of sp³-hybridized carbons (Fsp3) is 0. The van der Waals surface area contributed by atoms with E-state index in [0.29, 0.717) is 0 Å². The topological polar surface area (TPSA) is 8.17 Å². The zero-order valence-electron chi connectivity index (χ0n) is 33.0. The van der Waals surface area contributed by atoms with Crippen molar-refractivity contribution in [2.24, 2.45) is 0 Å². The lowest BCUT2D eigenvalue weighted by Gasteiger charge is -2.26. The molecule has 0 saturated heterocycles. The average molecular weight is 765 g/mol. The van der Waals surface area contributed by atoms with Crippen molar-refractivity contribution in [3.63, 3.8) is 0 Å². The highest BCUT2D eigenvalue weighted by atomic mass is 15.1. The number of benzene rings is 10. The van der Waals surface area contributed by atoms with Crippen LogP contribution < -0.4 is 4.90 Å². The summed E-state index contributed by atoms with van der Waals surface area (Å²) in [4.78, 5) is 2.37. The van der Waals surface area contributed by atoms with E-state index in [1.54, 1.807) is 0 Å². The lowest BCUT2D eigenvalue weighted by atomic mass is 9.97. The molecule has 2 heteroatoms. The fourth-order valence-corrected chi connectivity index (χ4v) is 8.78. The zero-order valence-corrected chi connectivity index (χ0v) is 33.0. The molecular weight excluding hydrogens is 725 g/mol. The Morgan fingerprint density at radius 1 is 0.250 bits per heavy atom. The molecule has 0 aliphatic heterocycles. The van der Waals surface area contributed by atoms with Gasteiger partial charge in [-0.2, -0.15) is 0 Å². The van der Waals surface area contributed by atoms with Gasteiger partial charge in [-0.3, -0.25) is 0 Å². The van der Waals surface area contributed by atoms with Crippen molar-refractivity contribution in [3.8, 4) is 50.2 Å². The predicted octanol–water partition coefficient (Wildman–Crippen LogP) is 16.1. The minimum absolute atomic E-state index is 1.08. The number of hydrogen-bond acceptors (Lipinski definition) is 1. The van der Waals surface area contributed by atoms with Crippen molar-refractivity contribution in [1.82, 2.24) is 4.57 Å². The van der Waals surface area contributed by atoms with Gasteiger partial charge >= 0.3 is 0 Å². The van der Waals surface area contributed by atoms with Gasteiger partial charge in [0, 0.05) is 33.5 Å². The van der Waals surface area contributed by atoms with Crippen LogP contribution >= 0.6 is 0 Å². The van der Waals surface area contributed by atoms with Gasteiger partial charge in [-0.1, -0.05) is 170 Å². The summed E-state index contributed by atoms with van der Waals surface area (Å²) < 4.78 is 2.39. The molecule has 0 saturated carbocycles. The summed E-state index contributed by atoms with van der Waals surface area (Å²) >= 11 is 0. The molecule has 2 nitrogen and oxygen atoms in total. The van der Waals surface area contributed by atoms with Crippen LogP contribution in [0.1, 0.15) is 0 Å². The molecule has 0 N–H and O–H groups in total. The van der Waals surface area contributed by atoms with Crippen LogP contribution in [-0.2, 0) is 0 Å². The summed E-state index contributed by atoms with van der Waals surface area (Å²) in [5, 5.41) is 5.01. The van der Waals surface area contributed by atoms with Crippen LogP contribution in [0.25, 0.3) is 82.8 Å². The van der Waals surface area contributed by atoms with E-state index in [1.165, 1.54) is 77.1 Å². The third-order valence-corrected chi connectivity index (χ3v) is 11.8. The minimum Gasteiger partial charge on any atom is -0.310 e. The monoisotopic (exact) mass is 764 g/mol. The summed E-state index contributed by atoms with van der Waals surface area (Å²) in [6.45, 7) is 0. The highest BCUT2D eigenvalue weighted by molar-refractivity contribution is 6.09. The Labute approximate surface area is 350 Å². The molecule has 11 rings (SSSR count). The smallest absolute Gasteiger partial charge is 0.0541 e. The standard InChI is InChI=1S/C58H40N2/c1-2-13-41(14-3-1)46-17-10-18-47(37-46)43-29-33-51(34-30-43)59(53-21-12-22-54(40-53)60-57-25-8-6-23-55(57)56-24-7-9-26-58(56)60)52-35-31-44(32-36-52)48-19-11-20-49(38-48)50-28-27-42-15-4-5-16-45(42)39-50/h1-40H. The van der Waals surface area contributed by atoms with Crippen LogP contribution in [0.15, 0.2) is 243 Å². The van der Waals surface area contributed by atoms with Crippen LogP contribution in [0.2, 0.25) is 0 Å². The number of anilines is 3. The van der Waals surface area contributed by atoms with Crippen molar-refractivity contribution >= 4 is 49.6 Å². The van der Waals surface area contributed by atoms with Gasteiger partial charge in [-0.25, -0.2) is 0 Å². The van der Waals surface area contributed by atoms with Crippen LogP contribution in [0.5, 0.6) is 0 Å². The second-order valence-electron chi connectivity index (χ2n) is 15.4. The Morgan fingerprint density at radius 2 is 0.683 bits per heavy atom. The molecule has 1 heterocycles. The van der Waals surface area contributed by atoms with E-state index in [9.17, 15) is 0 Å². The van der Waals surface area contributed by atoms with Crippen LogP contribution in [-0.4, -0.2) is 4.57 Å². The van der Waals surface area contributed by atoms with E-state index in [1.807, 2.05) is 0 Å². The lowest BCUT2D eigenvalue weighted by Crippen LogP contribution is -2.10. The molecule has 11 aromatic rings. The SMILES string of the molecule is c1ccc(-c2cccc(-c3ccc(N(c4ccc(-c5cccc(-c6ccc7ccccc7c6)c5)cc4)c4cccc(-n5c6ccccc6c6ccccc65)c4)cc3)c2)cc1. The second kappa shape index (κ2) is 15.1. The predicted molar refractivity (Wildman–Crippen MR) is 255 cm³/mol. The van der Waals surface area contributed by atoms with Crippen molar-refractivity contribution in [1.29, 1.82) is 0 Å². The number of para-hydroxylation sites is 2. The first-order valence-electron chi connectivity index (χ1n) is 20.6. The van der Waals surface area contributed by atoms with Crippen molar-refractivity contribution in [2.45, 2.75) is 0 Å². The molecule has 0 fully saturated rings. The third kappa shape index (κ3) is 6.51. The van der Waals surface area contributed by atoms with Crippen LogP contribution in [0, 0.1) is 0 Å². The highest BCUT2D eigenvalue weighted by Crippen LogP contribution is 2.40. The average Bonchev–Trinajstić information content (AvgIpc) is 3.67. The summed E-state index contributed by atoms with van der Waals surface area (Å²) in [6, 6.07) is 87.9. The van der Waals surface area contributed by atoms with Gasteiger partial charge in [0.2, 0.25) is 0 Å². The van der Waals surface area contributed by atoms with Gasteiger partial charge in [0.25, 0.3) is 0 Å². The van der Waals surface area contributed by atoms with E-state index in [0.717, 1.165) is 22.7 Å². The molecule has 0 aliphatic carbocycles. The van der Waals surface area contributed by atoms with Crippen molar-refractivity contribution in [3.05, 3.63) is 243 Å². The fourth-order valence-electron chi connectivity index (χ4n) is 8.78. The molecule has 0 bridgehead atoms. The lowest BCUT2D eigenvalue weighted by molar-refractivity contribution is 1.17. The normalized spacial score (nSPS) is 11.3. The molecule has 60 heavy (non-hydrogen) atoms. The molecule has 10 aromatic carbocycles. The Morgan fingerprint density at radius 3 is 1.28 bits per heavy atom. The van der Waals surface area contributed by atoms with E-state index in [4.69, 9.17) is 0 Å². The Hall–Kier alpha value is -7.94. The van der Waals surface area contributed by atoms with Gasteiger partial charge in [0.15, 0.2) is 0 Å². The summed E-state index contributed by atoms with van der Waals surface area (Å²) in [6.07, 6.45) is 0. The quantitative estimate of drug-likeness (QED) is 0.150. The van der Waals surface area contributed by atoms with Gasteiger partial charge in [-0.15, -0.1) is 0 Å². The molecule has 1 aromatic heterocycles. The first-order valence-corrected chi connectivity index (χ1v) is 20.6. The molecule has 282 valence electrons. The third-order valence-electron chi connectivity index (χ3n) is 11.8. The van der Waals surface area contributed by atoms with E-state index >= 15 is 0 Å². The number of fused-ring (bicyclic) bond motifs is 4. The summed E-state index contributed by atoms with van der Waals surface area (Å²) in [5.74, 6) is 0. The maximum atomic E-state index is 2.39. The molecule has 0 aliphatic rings. The molecular formula is C58H40N2. The first-order chi connectivity index (χ1) is 29.7. The molecule has 0 unspecified atom stereocenters. The van der Waals surface area contributed by atoms with Gasteiger partial charge in [-0.05, 0) is 128 Å². The van der Waals surface area contributed by atoms with Crippen LogP contribution in [0.4, 0.5) is 17.1 Å². The van der Waals surface area contributed by atoms with E-state index < -0.39 is 0 Å². The second-order valence-corrected chi connectivity index (χ2v) is 15.4. The minimum atomic E-state index is 1.08. The van der Waals surface area contributed by atoms with E-state index in [2.05, 4.69) is 252 Å². The maximum Gasteiger partial charge on any atom is 0.0541 e. The largest absolute Gasteiger partial charge is 0.310 e. The molecule has 0 radical (unpaired) electrons. The zero-order chi connectivity index (χ0) is 39.8. The molecule has 0 atom stereocenters. The first kappa shape index (κ1) is 35.2. The number of aromatic nitrogens is 1. The maximum absolute atomic E-state index is 2.39.